The molecule has 1 aromatic heterocycles. The lowest BCUT2D eigenvalue weighted by Crippen LogP contribution is -2.39. The number of nitrogens with zero attached hydrogens (tertiary/aromatic N) is 2. The monoisotopic (exact) mass is 318 g/mol. The number of hydrogen-bond acceptors (Lipinski definition) is 4. The van der Waals surface area contributed by atoms with E-state index < -0.39 is 0 Å². The smallest absolute Gasteiger partial charge is 0.271 e. The molecular formula is C13H20Cl2N4O. The SMILES string of the molecule is CC(C)c1ncc(Cl)c(C(=O)NCC(N)C2CC2)n1.Cl. The molecule has 1 heterocycles. The molecule has 1 aromatic rings. The van der Waals surface area contributed by atoms with Crippen LogP contribution in [0.15, 0.2) is 6.20 Å². The topological polar surface area (TPSA) is 80.9 Å². The van der Waals surface area contributed by atoms with E-state index in [1.165, 1.54) is 6.20 Å². The molecular weight excluding hydrogens is 299 g/mol. The van der Waals surface area contributed by atoms with Crippen LogP contribution < -0.4 is 11.1 Å². The fourth-order valence-electron chi connectivity index (χ4n) is 1.80. The summed E-state index contributed by atoms with van der Waals surface area (Å²) in [6.45, 7) is 4.39. The molecule has 20 heavy (non-hydrogen) atoms. The Hall–Kier alpha value is -0.910. The van der Waals surface area contributed by atoms with Crippen LogP contribution in [-0.4, -0.2) is 28.5 Å². The van der Waals surface area contributed by atoms with Crippen LogP contribution >= 0.6 is 24.0 Å². The summed E-state index contributed by atoms with van der Waals surface area (Å²) in [5.41, 5.74) is 6.17. The van der Waals surface area contributed by atoms with Crippen molar-refractivity contribution in [2.24, 2.45) is 11.7 Å². The van der Waals surface area contributed by atoms with Crippen LogP contribution in [0.5, 0.6) is 0 Å². The number of hydrogen-bond donors (Lipinski definition) is 2. The van der Waals surface area contributed by atoms with Gasteiger partial charge in [0.2, 0.25) is 0 Å². The first-order valence-corrected chi connectivity index (χ1v) is 6.93. The highest BCUT2D eigenvalue weighted by atomic mass is 35.5. The molecule has 0 aromatic carbocycles. The first kappa shape index (κ1) is 17.1. The second kappa shape index (κ2) is 7.20. The molecule has 1 aliphatic carbocycles. The van der Waals surface area contributed by atoms with Crippen molar-refractivity contribution >= 4 is 29.9 Å². The number of carbonyl (C=O) groups excluding carboxylic acids is 1. The number of nitrogens with one attached hydrogen (secondary N) is 1. The zero-order chi connectivity index (χ0) is 14.0. The number of amides is 1. The van der Waals surface area contributed by atoms with E-state index in [1.807, 2.05) is 13.8 Å². The Kier molecular flexibility index (Phi) is 6.17. The second-order valence-electron chi connectivity index (χ2n) is 5.29. The van der Waals surface area contributed by atoms with Gasteiger partial charge in [0.15, 0.2) is 0 Å². The van der Waals surface area contributed by atoms with E-state index in [4.69, 9.17) is 17.3 Å². The highest BCUT2D eigenvalue weighted by Gasteiger charge is 2.28. The van der Waals surface area contributed by atoms with Gasteiger partial charge in [-0.3, -0.25) is 4.79 Å². The second-order valence-corrected chi connectivity index (χ2v) is 5.70. The van der Waals surface area contributed by atoms with Gasteiger partial charge in [0.1, 0.15) is 11.5 Å². The molecule has 1 saturated carbocycles. The highest BCUT2D eigenvalue weighted by Crippen LogP contribution is 2.31. The lowest BCUT2D eigenvalue weighted by atomic mass is 10.2. The maximum Gasteiger partial charge on any atom is 0.271 e. The van der Waals surface area contributed by atoms with Crippen LogP contribution in [0.4, 0.5) is 0 Å². The summed E-state index contributed by atoms with van der Waals surface area (Å²) < 4.78 is 0. The van der Waals surface area contributed by atoms with Crippen LogP contribution in [0.1, 0.15) is 48.9 Å². The van der Waals surface area contributed by atoms with Gasteiger partial charge in [-0.05, 0) is 18.8 Å². The van der Waals surface area contributed by atoms with Gasteiger partial charge >= 0.3 is 0 Å². The van der Waals surface area contributed by atoms with Crippen molar-refractivity contribution < 1.29 is 4.79 Å². The van der Waals surface area contributed by atoms with E-state index >= 15 is 0 Å². The van der Waals surface area contributed by atoms with E-state index in [9.17, 15) is 4.79 Å². The predicted molar refractivity (Wildman–Crippen MR) is 81.4 cm³/mol. The van der Waals surface area contributed by atoms with Gasteiger partial charge < -0.3 is 11.1 Å². The number of rotatable bonds is 5. The fraction of sp³-hybridized carbons (Fsp3) is 0.615. The van der Waals surface area contributed by atoms with E-state index in [2.05, 4.69) is 15.3 Å². The van der Waals surface area contributed by atoms with Crippen LogP contribution in [0.25, 0.3) is 0 Å². The Bertz CT molecular complexity index is 477. The maximum absolute atomic E-state index is 12.0. The van der Waals surface area contributed by atoms with E-state index in [0.717, 1.165) is 12.8 Å². The highest BCUT2D eigenvalue weighted by molar-refractivity contribution is 6.33. The van der Waals surface area contributed by atoms with E-state index in [1.54, 1.807) is 0 Å². The van der Waals surface area contributed by atoms with Crippen molar-refractivity contribution in [3.63, 3.8) is 0 Å². The summed E-state index contributed by atoms with van der Waals surface area (Å²) in [7, 11) is 0. The molecule has 1 atom stereocenters. The van der Waals surface area contributed by atoms with Crippen molar-refractivity contribution in [2.75, 3.05) is 6.54 Å². The third-order valence-corrected chi connectivity index (χ3v) is 3.50. The predicted octanol–water partition coefficient (Wildman–Crippen LogP) is 2.14. The van der Waals surface area contributed by atoms with Crippen molar-refractivity contribution in [3.05, 3.63) is 22.7 Å². The van der Waals surface area contributed by atoms with Gasteiger partial charge in [-0.25, -0.2) is 9.97 Å². The first-order valence-electron chi connectivity index (χ1n) is 6.55. The first-order chi connectivity index (χ1) is 8.99. The van der Waals surface area contributed by atoms with Gasteiger partial charge in [0.05, 0.1) is 11.2 Å². The Morgan fingerprint density at radius 3 is 2.75 bits per heavy atom. The van der Waals surface area contributed by atoms with Gasteiger partial charge in [-0.1, -0.05) is 25.4 Å². The number of halogens is 2. The quantitative estimate of drug-likeness (QED) is 0.871. The molecule has 0 saturated heterocycles. The number of carbonyl (C=O) groups is 1. The third-order valence-electron chi connectivity index (χ3n) is 3.22. The number of aromatic nitrogens is 2. The molecule has 1 amide bonds. The van der Waals surface area contributed by atoms with Gasteiger partial charge in [-0.2, -0.15) is 0 Å². The molecule has 1 fully saturated rings. The molecule has 5 nitrogen and oxygen atoms in total. The minimum absolute atomic E-state index is 0. The molecule has 2 rings (SSSR count). The van der Waals surface area contributed by atoms with Crippen molar-refractivity contribution in [2.45, 2.75) is 38.6 Å². The zero-order valence-corrected chi connectivity index (χ0v) is 13.2. The molecule has 1 unspecified atom stereocenters. The average molecular weight is 319 g/mol. The lowest BCUT2D eigenvalue weighted by Gasteiger charge is -2.12. The third kappa shape index (κ3) is 4.30. The van der Waals surface area contributed by atoms with Gasteiger partial charge in [0.25, 0.3) is 5.91 Å². The van der Waals surface area contributed by atoms with E-state index in [-0.39, 0.29) is 41.0 Å². The summed E-state index contributed by atoms with van der Waals surface area (Å²) in [5.74, 6) is 1.02. The Morgan fingerprint density at radius 2 is 2.20 bits per heavy atom. The van der Waals surface area contributed by atoms with Crippen molar-refractivity contribution in [3.8, 4) is 0 Å². The Morgan fingerprint density at radius 1 is 1.55 bits per heavy atom. The largest absolute Gasteiger partial charge is 0.349 e. The summed E-state index contributed by atoms with van der Waals surface area (Å²) in [4.78, 5) is 20.4. The zero-order valence-electron chi connectivity index (χ0n) is 11.6. The summed E-state index contributed by atoms with van der Waals surface area (Å²) in [5, 5.41) is 3.05. The standard InChI is InChI=1S/C13H19ClN4O.ClH/c1-7(2)12-16-5-9(14)11(18-12)13(19)17-6-10(15)8-3-4-8;/h5,7-8,10H,3-4,6,15H2,1-2H3,(H,17,19);1H. The Balaban J connectivity index is 0.00000200. The van der Waals surface area contributed by atoms with Gasteiger partial charge in [-0.15, -0.1) is 12.4 Å². The van der Waals surface area contributed by atoms with Gasteiger partial charge in [0, 0.05) is 18.5 Å². The normalized spacial score (nSPS) is 15.7. The average Bonchev–Trinajstić information content (AvgIpc) is 3.20. The fourth-order valence-corrected chi connectivity index (χ4v) is 1.98. The molecule has 0 bridgehead atoms. The molecule has 7 heteroatoms. The minimum Gasteiger partial charge on any atom is -0.349 e. The van der Waals surface area contributed by atoms with E-state index in [0.29, 0.717) is 18.3 Å². The molecule has 0 spiro atoms. The Labute approximate surface area is 130 Å². The minimum atomic E-state index is -0.287. The molecule has 0 radical (unpaired) electrons. The van der Waals surface area contributed by atoms with Crippen molar-refractivity contribution in [1.29, 1.82) is 0 Å². The molecule has 3 N–H and O–H groups in total. The summed E-state index contributed by atoms with van der Waals surface area (Å²) in [6, 6.07) is 0.0223. The maximum atomic E-state index is 12.0. The number of nitrogens with two attached hydrogens (primary N) is 1. The van der Waals surface area contributed by atoms with Crippen molar-refractivity contribution in [1.82, 2.24) is 15.3 Å². The lowest BCUT2D eigenvalue weighted by molar-refractivity contribution is 0.0945. The molecule has 0 aliphatic heterocycles. The molecule has 1 aliphatic rings. The van der Waals surface area contributed by atoms with Crippen LogP contribution in [0.2, 0.25) is 5.02 Å². The molecule has 112 valence electrons. The summed E-state index contributed by atoms with van der Waals surface area (Å²) in [6.07, 6.45) is 3.78. The summed E-state index contributed by atoms with van der Waals surface area (Å²) >= 11 is 5.97. The van der Waals surface area contributed by atoms with Crippen LogP contribution in [0, 0.1) is 5.92 Å². The van der Waals surface area contributed by atoms with Crippen LogP contribution in [0.3, 0.4) is 0 Å². The van der Waals surface area contributed by atoms with Crippen LogP contribution in [-0.2, 0) is 0 Å².